The van der Waals surface area contributed by atoms with Crippen LogP contribution in [0.15, 0.2) is 42.7 Å². The molecule has 0 saturated heterocycles. The standard InChI is InChI=1S/C16H20N2O/c1-11(2)19-15-6-4-5-13(8-15)16(17)14-7-12(3)9-18-10-14/h4-11,16H,17H2,1-3H3. The van der Waals surface area contributed by atoms with Crippen molar-refractivity contribution in [1.82, 2.24) is 4.98 Å². The molecule has 0 amide bonds. The number of benzene rings is 1. The topological polar surface area (TPSA) is 48.1 Å². The van der Waals surface area contributed by atoms with E-state index in [-0.39, 0.29) is 12.1 Å². The summed E-state index contributed by atoms with van der Waals surface area (Å²) in [4.78, 5) is 4.19. The second-order valence-corrected chi connectivity index (χ2v) is 5.01. The van der Waals surface area contributed by atoms with E-state index in [0.29, 0.717) is 0 Å². The highest BCUT2D eigenvalue weighted by Gasteiger charge is 2.10. The van der Waals surface area contributed by atoms with E-state index in [1.165, 1.54) is 0 Å². The molecule has 100 valence electrons. The Morgan fingerprint density at radius 3 is 2.58 bits per heavy atom. The van der Waals surface area contributed by atoms with Crippen molar-refractivity contribution in [2.45, 2.75) is 32.9 Å². The quantitative estimate of drug-likeness (QED) is 0.913. The van der Waals surface area contributed by atoms with Crippen LogP contribution in [0.4, 0.5) is 0 Å². The highest BCUT2D eigenvalue weighted by atomic mass is 16.5. The van der Waals surface area contributed by atoms with Crippen LogP contribution >= 0.6 is 0 Å². The molecule has 2 N–H and O–H groups in total. The second-order valence-electron chi connectivity index (χ2n) is 5.01. The fraction of sp³-hybridized carbons (Fsp3) is 0.312. The highest BCUT2D eigenvalue weighted by molar-refractivity contribution is 5.36. The average molecular weight is 256 g/mol. The molecule has 1 atom stereocenters. The molecule has 0 radical (unpaired) electrons. The van der Waals surface area contributed by atoms with Crippen LogP contribution in [0.2, 0.25) is 0 Å². The molecule has 0 fully saturated rings. The Hall–Kier alpha value is -1.87. The van der Waals surface area contributed by atoms with E-state index in [4.69, 9.17) is 10.5 Å². The lowest BCUT2D eigenvalue weighted by Crippen LogP contribution is -2.13. The summed E-state index contributed by atoms with van der Waals surface area (Å²) in [7, 11) is 0. The maximum Gasteiger partial charge on any atom is 0.120 e. The second kappa shape index (κ2) is 5.85. The van der Waals surface area contributed by atoms with Crippen LogP contribution < -0.4 is 10.5 Å². The Morgan fingerprint density at radius 1 is 1.11 bits per heavy atom. The molecule has 3 heteroatoms. The van der Waals surface area contributed by atoms with E-state index in [2.05, 4.69) is 11.1 Å². The smallest absolute Gasteiger partial charge is 0.120 e. The predicted octanol–water partition coefficient (Wildman–Crippen LogP) is 3.23. The van der Waals surface area contributed by atoms with Gasteiger partial charge in [-0.2, -0.15) is 0 Å². The van der Waals surface area contributed by atoms with Crippen molar-refractivity contribution in [1.29, 1.82) is 0 Å². The van der Waals surface area contributed by atoms with Crippen LogP contribution in [-0.2, 0) is 0 Å². The maximum absolute atomic E-state index is 6.29. The number of hydrogen-bond acceptors (Lipinski definition) is 3. The third-order valence-electron chi connectivity index (χ3n) is 2.84. The summed E-state index contributed by atoms with van der Waals surface area (Å²) in [5.74, 6) is 0.851. The van der Waals surface area contributed by atoms with Crippen molar-refractivity contribution >= 4 is 0 Å². The van der Waals surface area contributed by atoms with Gasteiger partial charge in [0.15, 0.2) is 0 Å². The van der Waals surface area contributed by atoms with Crippen LogP contribution in [0.3, 0.4) is 0 Å². The van der Waals surface area contributed by atoms with Crippen LogP contribution in [0, 0.1) is 6.92 Å². The van der Waals surface area contributed by atoms with Gasteiger partial charge in [0.1, 0.15) is 5.75 Å². The summed E-state index contributed by atoms with van der Waals surface area (Å²) in [6.45, 7) is 6.04. The molecule has 2 aromatic rings. The molecule has 0 aliphatic heterocycles. The van der Waals surface area contributed by atoms with Crippen LogP contribution in [0.25, 0.3) is 0 Å². The predicted molar refractivity (Wildman–Crippen MR) is 77.2 cm³/mol. The van der Waals surface area contributed by atoms with Gasteiger partial charge in [0.2, 0.25) is 0 Å². The van der Waals surface area contributed by atoms with Gasteiger partial charge in [0, 0.05) is 12.4 Å². The summed E-state index contributed by atoms with van der Waals surface area (Å²) in [6, 6.07) is 9.81. The minimum atomic E-state index is -0.178. The minimum Gasteiger partial charge on any atom is -0.491 e. The van der Waals surface area contributed by atoms with Gasteiger partial charge in [0.25, 0.3) is 0 Å². The molecule has 2 rings (SSSR count). The van der Waals surface area contributed by atoms with Crippen molar-refractivity contribution in [2.24, 2.45) is 5.73 Å². The largest absolute Gasteiger partial charge is 0.491 e. The van der Waals surface area contributed by atoms with E-state index < -0.39 is 0 Å². The number of hydrogen-bond donors (Lipinski definition) is 1. The first-order valence-electron chi connectivity index (χ1n) is 6.50. The van der Waals surface area contributed by atoms with Crippen molar-refractivity contribution in [3.63, 3.8) is 0 Å². The number of ether oxygens (including phenoxy) is 1. The average Bonchev–Trinajstić information content (AvgIpc) is 2.37. The molecular formula is C16H20N2O. The Morgan fingerprint density at radius 2 is 1.89 bits per heavy atom. The zero-order valence-corrected chi connectivity index (χ0v) is 11.6. The highest BCUT2D eigenvalue weighted by Crippen LogP contribution is 2.23. The number of pyridine rings is 1. The number of aromatic nitrogens is 1. The van der Waals surface area contributed by atoms with Gasteiger partial charge in [-0.25, -0.2) is 0 Å². The molecule has 0 spiro atoms. The van der Waals surface area contributed by atoms with Gasteiger partial charge in [-0.3, -0.25) is 4.98 Å². The molecule has 19 heavy (non-hydrogen) atoms. The first kappa shape index (κ1) is 13.6. The van der Waals surface area contributed by atoms with Crippen molar-refractivity contribution in [2.75, 3.05) is 0 Å². The Kier molecular flexibility index (Phi) is 4.17. The van der Waals surface area contributed by atoms with Gasteiger partial charge >= 0.3 is 0 Å². The van der Waals surface area contributed by atoms with Crippen LogP contribution in [0.5, 0.6) is 5.75 Å². The van der Waals surface area contributed by atoms with E-state index in [1.807, 2.05) is 57.4 Å². The third-order valence-corrected chi connectivity index (χ3v) is 2.84. The third kappa shape index (κ3) is 3.55. The van der Waals surface area contributed by atoms with Crippen molar-refractivity contribution in [3.05, 3.63) is 59.4 Å². The van der Waals surface area contributed by atoms with Crippen LogP contribution in [-0.4, -0.2) is 11.1 Å². The zero-order chi connectivity index (χ0) is 13.8. The monoisotopic (exact) mass is 256 g/mol. The molecule has 1 unspecified atom stereocenters. The van der Waals surface area contributed by atoms with Gasteiger partial charge < -0.3 is 10.5 Å². The van der Waals surface area contributed by atoms with E-state index in [0.717, 1.165) is 22.4 Å². The molecule has 0 aliphatic carbocycles. The van der Waals surface area contributed by atoms with Gasteiger partial charge in [-0.05, 0) is 49.6 Å². The Bertz CT molecular complexity index is 552. The summed E-state index contributed by atoms with van der Waals surface area (Å²) in [5.41, 5.74) is 9.45. The summed E-state index contributed by atoms with van der Waals surface area (Å²) in [5, 5.41) is 0. The lowest BCUT2D eigenvalue weighted by molar-refractivity contribution is 0.242. The summed E-state index contributed by atoms with van der Waals surface area (Å²) >= 11 is 0. The normalized spacial score (nSPS) is 12.5. The first-order valence-corrected chi connectivity index (χ1v) is 6.50. The zero-order valence-electron chi connectivity index (χ0n) is 11.6. The summed E-state index contributed by atoms with van der Waals surface area (Å²) < 4.78 is 5.69. The molecule has 0 aliphatic rings. The molecule has 0 saturated carbocycles. The van der Waals surface area contributed by atoms with E-state index in [9.17, 15) is 0 Å². The Labute approximate surface area is 114 Å². The fourth-order valence-corrected chi connectivity index (χ4v) is 1.99. The molecular weight excluding hydrogens is 236 g/mol. The molecule has 1 aromatic carbocycles. The fourth-order valence-electron chi connectivity index (χ4n) is 1.99. The first-order chi connectivity index (χ1) is 9.06. The number of nitrogens with zero attached hydrogens (tertiary/aromatic N) is 1. The maximum atomic E-state index is 6.29. The van der Waals surface area contributed by atoms with E-state index >= 15 is 0 Å². The lowest BCUT2D eigenvalue weighted by Gasteiger charge is -2.15. The summed E-state index contributed by atoms with van der Waals surface area (Å²) in [6.07, 6.45) is 3.80. The number of aryl methyl sites for hydroxylation is 1. The van der Waals surface area contributed by atoms with Crippen molar-refractivity contribution < 1.29 is 4.74 Å². The molecule has 1 heterocycles. The lowest BCUT2D eigenvalue weighted by atomic mass is 10.00. The SMILES string of the molecule is Cc1cncc(C(N)c2cccc(OC(C)C)c2)c1. The van der Waals surface area contributed by atoms with Gasteiger partial charge in [-0.15, -0.1) is 0 Å². The minimum absolute atomic E-state index is 0.159. The Balaban J connectivity index is 2.26. The number of rotatable bonds is 4. The van der Waals surface area contributed by atoms with E-state index in [1.54, 1.807) is 0 Å². The molecule has 1 aromatic heterocycles. The van der Waals surface area contributed by atoms with Crippen LogP contribution in [0.1, 0.15) is 36.6 Å². The molecule has 3 nitrogen and oxygen atoms in total. The van der Waals surface area contributed by atoms with Crippen molar-refractivity contribution in [3.8, 4) is 5.75 Å². The number of nitrogens with two attached hydrogens (primary N) is 1. The van der Waals surface area contributed by atoms with Gasteiger partial charge in [-0.1, -0.05) is 18.2 Å². The molecule has 0 bridgehead atoms. The van der Waals surface area contributed by atoms with Gasteiger partial charge in [0.05, 0.1) is 12.1 Å².